The molecule has 6 nitrogen and oxygen atoms in total. The molecule has 5 rings (SSSR count). The van der Waals surface area contributed by atoms with Crippen molar-refractivity contribution in [3.05, 3.63) is 70.2 Å². The number of carbonyl (C=O) groups is 1. The maximum Gasteiger partial charge on any atom is 0.416 e. The lowest BCUT2D eigenvalue weighted by Gasteiger charge is -2.25. The molecule has 0 fully saturated rings. The van der Waals surface area contributed by atoms with Gasteiger partial charge in [-0.15, -0.1) is 0 Å². The number of fused-ring (bicyclic) bond motifs is 3. The number of aryl methyl sites for hydroxylation is 2. The number of hydrogen-bond acceptors (Lipinski definition) is 4. The predicted molar refractivity (Wildman–Crippen MR) is 131 cm³/mol. The number of amides is 1. The van der Waals surface area contributed by atoms with Crippen molar-refractivity contribution in [3.8, 4) is 0 Å². The van der Waals surface area contributed by atoms with E-state index < -0.39 is 17.8 Å². The van der Waals surface area contributed by atoms with Crippen LogP contribution in [-0.4, -0.2) is 38.4 Å². The summed E-state index contributed by atoms with van der Waals surface area (Å²) >= 11 is 0. The summed E-state index contributed by atoms with van der Waals surface area (Å²) in [6.07, 6.45) is 1.96. The van der Waals surface area contributed by atoms with E-state index >= 15 is 0 Å². The first-order chi connectivity index (χ1) is 17.1. The summed E-state index contributed by atoms with van der Waals surface area (Å²) in [5, 5.41) is 0.831. The van der Waals surface area contributed by atoms with E-state index in [2.05, 4.69) is 4.57 Å². The molecular formula is C27H28F3N5O. The number of carbonyl (C=O) groups excluding carboxylic acids is 1. The quantitative estimate of drug-likeness (QED) is 0.514. The van der Waals surface area contributed by atoms with Crippen molar-refractivity contribution in [1.29, 1.82) is 0 Å². The smallest absolute Gasteiger partial charge is 0.339 e. The molecular weight excluding hydrogens is 467 g/mol. The molecule has 3 aromatic rings. The second-order valence-electron chi connectivity index (χ2n) is 9.46. The Morgan fingerprint density at radius 1 is 1.19 bits per heavy atom. The zero-order chi connectivity index (χ0) is 25.6. The number of halogens is 3. The minimum absolute atomic E-state index is 0.0490. The Morgan fingerprint density at radius 3 is 2.69 bits per heavy atom. The SMILES string of the molecule is CC(=O)N1CC=C(c2cc3c(=NC(C)c4cccc(C(F)(F)F)c4C)nc4n(c3cn2)CCC4)CC1. The van der Waals surface area contributed by atoms with Gasteiger partial charge in [0.15, 0.2) is 5.49 Å². The van der Waals surface area contributed by atoms with Crippen LogP contribution in [0.2, 0.25) is 0 Å². The fourth-order valence-corrected chi connectivity index (χ4v) is 5.19. The second kappa shape index (κ2) is 9.19. The summed E-state index contributed by atoms with van der Waals surface area (Å²) < 4.78 is 42.6. The van der Waals surface area contributed by atoms with Gasteiger partial charge in [-0.2, -0.15) is 13.2 Å². The summed E-state index contributed by atoms with van der Waals surface area (Å²) in [5.41, 5.74) is 3.40. The van der Waals surface area contributed by atoms with E-state index in [1.54, 1.807) is 24.8 Å². The minimum atomic E-state index is -4.42. The molecule has 0 bridgehead atoms. The summed E-state index contributed by atoms with van der Waals surface area (Å²) in [7, 11) is 0. The van der Waals surface area contributed by atoms with Gasteiger partial charge in [0.25, 0.3) is 0 Å². The Bertz CT molecular complexity index is 1450. The molecule has 0 radical (unpaired) electrons. The standard InChI is InChI=1S/C27H28F3N5O/c1-16-20(6-4-7-22(16)27(28,29)30)17(2)32-26-21-14-23(19-9-12-34(13-10-19)18(3)36)31-15-24(21)35-11-5-8-25(35)33-26/h4,6-7,9,14-15,17H,5,8,10-13H2,1-3H3. The highest BCUT2D eigenvalue weighted by atomic mass is 19.4. The van der Waals surface area contributed by atoms with Crippen LogP contribution in [0.5, 0.6) is 0 Å². The van der Waals surface area contributed by atoms with Crippen LogP contribution in [0.15, 0.2) is 41.5 Å². The molecule has 36 heavy (non-hydrogen) atoms. The van der Waals surface area contributed by atoms with E-state index in [1.165, 1.54) is 13.0 Å². The zero-order valence-electron chi connectivity index (χ0n) is 20.6. The minimum Gasteiger partial charge on any atom is -0.339 e. The summed E-state index contributed by atoms with van der Waals surface area (Å²) in [5.74, 6) is 0.964. The number of benzene rings is 1. The van der Waals surface area contributed by atoms with Crippen LogP contribution in [0.25, 0.3) is 16.5 Å². The average molecular weight is 496 g/mol. The Hall–Kier alpha value is -3.49. The predicted octanol–water partition coefficient (Wildman–Crippen LogP) is 5.00. The third-order valence-electron chi connectivity index (χ3n) is 7.17. The van der Waals surface area contributed by atoms with Gasteiger partial charge in [-0.3, -0.25) is 14.8 Å². The third-order valence-corrected chi connectivity index (χ3v) is 7.17. The van der Waals surface area contributed by atoms with Gasteiger partial charge in [-0.1, -0.05) is 18.2 Å². The maximum absolute atomic E-state index is 13.5. The van der Waals surface area contributed by atoms with E-state index in [0.717, 1.165) is 53.4 Å². The van der Waals surface area contributed by atoms with E-state index in [4.69, 9.17) is 15.0 Å². The van der Waals surface area contributed by atoms with Gasteiger partial charge >= 0.3 is 6.18 Å². The average Bonchev–Trinajstić information content (AvgIpc) is 3.32. The van der Waals surface area contributed by atoms with Crippen molar-refractivity contribution in [2.45, 2.75) is 58.8 Å². The fourth-order valence-electron chi connectivity index (χ4n) is 5.19. The van der Waals surface area contributed by atoms with Crippen molar-refractivity contribution < 1.29 is 18.0 Å². The Balaban J connectivity index is 1.62. The highest BCUT2D eigenvalue weighted by Crippen LogP contribution is 2.35. The number of aromatic nitrogens is 3. The molecule has 1 amide bonds. The molecule has 1 unspecified atom stereocenters. The van der Waals surface area contributed by atoms with Crippen LogP contribution in [0.4, 0.5) is 13.2 Å². The molecule has 188 valence electrons. The van der Waals surface area contributed by atoms with E-state index in [1.807, 2.05) is 18.3 Å². The topological polar surface area (TPSA) is 63.4 Å². The molecule has 1 atom stereocenters. The fraction of sp³-hybridized carbons (Fsp3) is 0.407. The first-order valence-corrected chi connectivity index (χ1v) is 12.2. The van der Waals surface area contributed by atoms with E-state index in [0.29, 0.717) is 30.6 Å². The monoisotopic (exact) mass is 495 g/mol. The molecule has 2 aliphatic heterocycles. The molecule has 2 aromatic heterocycles. The van der Waals surface area contributed by atoms with Gasteiger partial charge in [0, 0.05) is 38.4 Å². The number of pyridine rings is 1. The first kappa shape index (κ1) is 24.2. The number of hydrogen-bond donors (Lipinski definition) is 0. The number of alkyl halides is 3. The third kappa shape index (κ3) is 4.42. The van der Waals surface area contributed by atoms with Gasteiger partial charge in [0.1, 0.15) is 5.82 Å². The Kier molecular flexibility index (Phi) is 6.18. The van der Waals surface area contributed by atoms with Crippen LogP contribution < -0.4 is 5.49 Å². The van der Waals surface area contributed by atoms with Crippen LogP contribution in [0.3, 0.4) is 0 Å². The van der Waals surface area contributed by atoms with Gasteiger partial charge < -0.3 is 9.47 Å². The molecule has 1 aromatic carbocycles. The van der Waals surface area contributed by atoms with Gasteiger partial charge in [0.2, 0.25) is 5.91 Å². The van der Waals surface area contributed by atoms with Crippen LogP contribution in [-0.2, 0) is 23.9 Å². The summed E-state index contributed by atoms with van der Waals surface area (Å²) in [4.78, 5) is 27.9. The number of nitrogens with zero attached hydrogens (tertiary/aromatic N) is 5. The van der Waals surface area contributed by atoms with Crippen molar-refractivity contribution in [3.63, 3.8) is 0 Å². The molecule has 9 heteroatoms. The highest BCUT2D eigenvalue weighted by molar-refractivity contribution is 5.82. The Morgan fingerprint density at radius 2 is 2.00 bits per heavy atom. The van der Waals surface area contributed by atoms with Crippen LogP contribution >= 0.6 is 0 Å². The highest BCUT2D eigenvalue weighted by Gasteiger charge is 2.33. The van der Waals surface area contributed by atoms with Crippen molar-refractivity contribution in [2.75, 3.05) is 13.1 Å². The molecule has 0 aliphatic carbocycles. The first-order valence-electron chi connectivity index (χ1n) is 12.2. The molecule has 0 saturated carbocycles. The zero-order valence-corrected chi connectivity index (χ0v) is 20.6. The summed E-state index contributed by atoms with van der Waals surface area (Å²) in [6.45, 7) is 6.90. The molecule has 2 aliphatic rings. The lowest BCUT2D eigenvalue weighted by molar-refractivity contribution is -0.138. The second-order valence-corrected chi connectivity index (χ2v) is 9.46. The summed E-state index contributed by atoms with van der Waals surface area (Å²) in [6, 6.07) is 5.71. The normalized spacial score (nSPS) is 17.3. The lowest BCUT2D eigenvalue weighted by atomic mass is 9.97. The lowest BCUT2D eigenvalue weighted by Crippen LogP contribution is -2.32. The van der Waals surface area contributed by atoms with Gasteiger partial charge in [-0.05, 0) is 55.5 Å². The van der Waals surface area contributed by atoms with E-state index in [-0.39, 0.29) is 11.5 Å². The number of rotatable bonds is 3. The maximum atomic E-state index is 13.5. The largest absolute Gasteiger partial charge is 0.416 e. The Labute approximate surface area is 207 Å². The van der Waals surface area contributed by atoms with Crippen LogP contribution in [0.1, 0.15) is 60.9 Å². The molecule has 0 saturated heterocycles. The molecule has 0 spiro atoms. The molecule has 4 heterocycles. The van der Waals surface area contributed by atoms with Gasteiger partial charge in [-0.25, -0.2) is 4.98 Å². The van der Waals surface area contributed by atoms with Crippen molar-refractivity contribution >= 4 is 22.4 Å². The van der Waals surface area contributed by atoms with Crippen molar-refractivity contribution in [1.82, 2.24) is 19.4 Å². The van der Waals surface area contributed by atoms with E-state index in [9.17, 15) is 18.0 Å². The van der Waals surface area contributed by atoms with Gasteiger partial charge in [0.05, 0.1) is 29.0 Å². The van der Waals surface area contributed by atoms with Crippen molar-refractivity contribution in [2.24, 2.45) is 4.99 Å². The van der Waals surface area contributed by atoms with Crippen LogP contribution in [0, 0.1) is 6.92 Å². The molecule has 0 N–H and O–H groups in total.